The molecule has 4 rings (SSSR count). The molecular formula is C13H13NO6. The zero-order chi connectivity index (χ0) is 13.7. The quantitative estimate of drug-likeness (QED) is 0.609. The average molecular weight is 279 g/mol. The monoisotopic (exact) mass is 279 g/mol. The van der Waals surface area contributed by atoms with E-state index >= 15 is 0 Å². The molecule has 3 heterocycles. The summed E-state index contributed by atoms with van der Waals surface area (Å²) in [5.41, 5.74) is 0.552. The van der Waals surface area contributed by atoms with Gasteiger partial charge in [-0.3, -0.25) is 10.1 Å². The summed E-state index contributed by atoms with van der Waals surface area (Å²) in [6.07, 6.45) is 1.13. The second-order valence-electron chi connectivity index (χ2n) is 5.17. The summed E-state index contributed by atoms with van der Waals surface area (Å²) in [6.45, 7) is 0.793. The van der Waals surface area contributed by atoms with Gasteiger partial charge >= 0.3 is 0 Å². The summed E-state index contributed by atoms with van der Waals surface area (Å²) in [5.74, 6) is 1.27. The number of hydrogen-bond acceptors (Lipinski definition) is 6. The molecule has 0 N–H and O–H groups in total. The van der Waals surface area contributed by atoms with Crippen molar-refractivity contribution >= 4 is 5.69 Å². The minimum absolute atomic E-state index is 0.0132. The molecule has 1 aromatic carbocycles. The first-order valence-electron chi connectivity index (χ1n) is 6.57. The zero-order valence-electron chi connectivity index (χ0n) is 10.6. The maximum absolute atomic E-state index is 11.2. The molecule has 0 spiro atoms. The number of nitro benzene ring substituents is 1. The Bertz CT molecular complexity index is 562. The summed E-state index contributed by atoms with van der Waals surface area (Å²) in [5, 5.41) is 11.2. The van der Waals surface area contributed by atoms with Gasteiger partial charge in [0.2, 0.25) is 6.79 Å². The molecule has 106 valence electrons. The molecule has 7 heteroatoms. The smallest absolute Gasteiger partial charge is 0.279 e. The van der Waals surface area contributed by atoms with Crippen LogP contribution in [0.1, 0.15) is 24.5 Å². The maximum atomic E-state index is 11.2. The van der Waals surface area contributed by atoms with Crippen LogP contribution in [0.15, 0.2) is 12.1 Å². The number of benzene rings is 1. The van der Waals surface area contributed by atoms with Gasteiger partial charge in [-0.15, -0.1) is 0 Å². The van der Waals surface area contributed by atoms with Crippen molar-refractivity contribution in [1.82, 2.24) is 0 Å². The molecule has 0 bridgehead atoms. The van der Waals surface area contributed by atoms with Crippen molar-refractivity contribution in [3.63, 3.8) is 0 Å². The van der Waals surface area contributed by atoms with Gasteiger partial charge in [0.05, 0.1) is 29.3 Å². The van der Waals surface area contributed by atoms with Gasteiger partial charge in [-0.05, 0) is 18.9 Å². The van der Waals surface area contributed by atoms with Crippen molar-refractivity contribution in [2.75, 3.05) is 13.4 Å². The van der Waals surface area contributed by atoms with Crippen LogP contribution in [-0.4, -0.2) is 24.6 Å². The summed E-state index contributed by atoms with van der Waals surface area (Å²) in [4.78, 5) is 10.8. The molecule has 2 saturated heterocycles. The van der Waals surface area contributed by atoms with Crippen molar-refractivity contribution in [1.29, 1.82) is 0 Å². The van der Waals surface area contributed by atoms with E-state index in [1.165, 1.54) is 6.07 Å². The van der Waals surface area contributed by atoms with E-state index in [1.54, 1.807) is 6.07 Å². The Hall–Kier alpha value is -1.86. The second kappa shape index (κ2) is 4.32. The van der Waals surface area contributed by atoms with Crippen LogP contribution >= 0.6 is 0 Å². The Balaban J connectivity index is 1.72. The highest BCUT2D eigenvalue weighted by molar-refractivity contribution is 5.56. The zero-order valence-corrected chi connectivity index (χ0v) is 10.6. The van der Waals surface area contributed by atoms with Gasteiger partial charge in [0, 0.05) is 5.92 Å². The van der Waals surface area contributed by atoms with Crippen LogP contribution in [-0.2, 0) is 9.47 Å². The standard InChI is InChI=1S/C13H13NO6/c15-14(16)9-5-12-11(18-6-19-12)4-8(9)10-3-7-1-2-17-13(7)20-10/h4-5,7,10,13H,1-3,6H2/t7-,10+,13+/m0/s1. The molecule has 0 amide bonds. The van der Waals surface area contributed by atoms with Crippen LogP contribution in [0.2, 0.25) is 0 Å². The Morgan fingerprint density at radius 2 is 2.05 bits per heavy atom. The van der Waals surface area contributed by atoms with Crippen LogP contribution in [0.5, 0.6) is 11.5 Å². The predicted octanol–water partition coefficient (Wildman–Crippen LogP) is 2.15. The first-order valence-corrected chi connectivity index (χ1v) is 6.57. The van der Waals surface area contributed by atoms with E-state index in [9.17, 15) is 10.1 Å². The topological polar surface area (TPSA) is 80.1 Å². The lowest BCUT2D eigenvalue weighted by atomic mass is 9.97. The van der Waals surface area contributed by atoms with Crippen molar-refractivity contribution in [3.8, 4) is 11.5 Å². The summed E-state index contributed by atoms with van der Waals surface area (Å²) >= 11 is 0. The van der Waals surface area contributed by atoms with E-state index in [0.717, 1.165) is 12.8 Å². The fraction of sp³-hybridized carbons (Fsp3) is 0.538. The molecule has 3 atom stereocenters. The Morgan fingerprint density at radius 1 is 1.25 bits per heavy atom. The fourth-order valence-corrected chi connectivity index (χ4v) is 3.04. The molecular weight excluding hydrogens is 266 g/mol. The van der Waals surface area contributed by atoms with Gasteiger partial charge in [0.15, 0.2) is 17.8 Å². The number of rotatable bonds is 2. The highest BCUT2D eigenvalue weighted by atomic mass is 16.7. The van der Waals surface area contributed by atoms with E-state index in [4.69, 9.17) is 18.9 Å². The molecule has 7 nitrogen and oxygen atoms in total. The lowest BCUT2D eigenvalue weighted by molar-refractivity contribution is -0.386. The van der Waals surface area contributed by atoms with E-state index in [-0.39, 0.29) is 24.9 Å². The minimum atomic E-state index is -0.407. The van der Waals surface area contributed by atoms with Crippen LogP contribution < -0.4 is 9.47 Å². The van der Waals surface area contributed by atoms with Crippen LogP contribution in [0.4, 0.5) is 5.69 Å². The third-order valence-electron chi connectivity index (χ3n) is 4.04. The van der Waals surface area contributed by atoms with Gasteiger partial charge in [-0.25, -0.2) is 0 Å². The Labute approximate surface area is 114 Å². The molecule has 20 heavy (non-hydrogen) atoms. The lowest BCUT2D eigenvalue weighted by Gasteiger charge is -2.13. The van der Waals surface area contributed by atoms with Gasteiger partial charge in [0.1, 0.15) is 0 Å². The molecule has 0 aromatic heterocycles. The van der Waals surface area contributed by atoms with E-state index in [0.29, 0.717) is 29.6 Å². The second-order valence-corrected chi connectivity index (χ2v) is 5.17. The van der Waals surface area contributed by atoms with Crippen molar-refractivity contribution in [2.45, 2.75) is 25.2 Å². The van der Waals surface area contributed by atoms with Crippen molar-refractivity contribution < 1.29 is 23.9 Å². The van der Waals surface area contributed by atoms with Crippen LogP contribution in [0.3, 0.4) is 0 Å². The molecule has 3 aliphatic rings. The molecule has 3 aliphatic heterocycles. The minimum Gasteiger partial charge on any atom is -0.454 e. The summed E-state index contributed by atoms with van der Waals surface area (Å²) < 4.78 is 21.8. The Morgan fingerprint density at radius 3 is 2.80 bits per heavy atom. The predicted molar refractivity (Wildman–Crippen MR) is 65.5 cm³/mol. The van der Waals surface area contributed by atoms with Gasteiger partial charge in [-0.1, -0.05) is 0 Å². The molecule has 0 saturated carbocycles. The molecule has 0 unspecified atom stereocenters. The van der Waals surface area contributed by atoms with Gasteiger partial charge in [-0.2, -0.15) is 0 Å². The van der Waals surface area contributed by atoms with Gasteiger partial charge < -0.3 is 18.9 Å². The van der Waals surface area contributed by atoms with Gasteiger partial charge in [0.25, 0.3) is 5.69 Å². The summed E-state index contributed by atoms with van der Waals surface area (Å²) in [6, 6.07) is 3.07. The Kier molecular flexibility index (Phi) is 2.58. The number of nitrogens with zero attached hydrogens (tertiary/aromatic N) is 1. The number of nitro groups is 1. The van der Waals surface area contributed by atoms with Crippen molar-refractivity contribution in [3.05, 3.63) is 27.8 Å². The van der Waals surface area contributed by atoms with Crippen molar-refractivity contribution in [2.24, 2.45) is 5.92 Å². The average Bonchev–Trinajstić information content (AvgIpc) is 3.11. The number of fused-ring (bicyclic) bond motifs is 2. The van der Waals surface area contributed by atoms with E-state index < -0.39 is 4.92 Å². The highest BCUT2D eigenvalue weighted by Crippen LogP contribution is 2.47. The number of hydrogen-bond donors (Lipinski definition) is 0. The fourth-order valence-electron chi connectivity index (χ4n) is 3.04. The third kappa shape index (κ3) is 1.74. The molecule has 1 aromatic rings. The highest BCUT2D eigenvalue weighted by Gasteiger charge is 2.42. The first kappa shape index (κ1) is 11.9. The summed E-state index contributed by atoms with van der Waals surface area (Å²) in [7, 11) is 0. The maximum Gasteiger partial charge on any atom is 0.279 e. The lowest BCUT2D eigenvalue weighted by Crippen LogP contribution is -2.10. The molecule has 0 radical (unpaired) electrons. The van der Waals surface area contributed by atoms with E-state index in [1.807, 2.05) is 0 Å². The largest absolute Gasteiger partial charge is 0.454 e. The normalized spacial score (nSPS) is 30.5. The first-order chi connectivity index (χ1) is 9.72. The molecule has 2 fully saturated rings. The van der Waals surface area contributed by atoms with Crippen LogP contribution in [0.25, 0.3) is 0 Å². The van der Waals surface area contributed by atoms with E-state index in [2.05, 4.69) is 0 Å². The SMILES string of the molecule is O=[N+]([O-])c1cc2c(cc1[C@H]1C[C@@H]3CCO[C@@H]3O1)OCO2. The van der Waals surface area contributed by atoms with Crippen LogP contribution in [0, 0.1) is 16.0 Å². The molecule has 0 aliphatic carbocycles. The third-order valence-corrected chi connectivity index (χ3v) is 4.04. The number of ether oxygens (including phenoxy) is 4.